The molecule has 0 aromatic heterocycles. The lowest BCUT2D eigenvalue weighted by molar-refractivity contribution is -0.141. The number of nitrogens with two attached hydrogens (primary N) is 1. The maximum Gasteiger partial charge on any atom is 0.307 e. The summed E-state index contributed by atoms with van der Waals surface area (Å²) >= 11 is 0. The standard InChI is InChI=1S/C10H11F2NO2/c1-15-10(14)5-9(13)6-2-3-7(11)8(12)4-6/h2-4,9H,5,13H2,1H3. The molecule has 0 saturated carbocycles. The fraction of sp³-hybridized carbons (Fsp3) is 0.300. The van der Waals surface area contributed by atoms with Crippen molar-refractivity contribution in [3.8, 4) is 0 Å². The van der Waals surface area contributed by atoms with Gasteiger partial charge in [0.15, 0.2) is 11.6 Å². The average molecular weight is 215 g/mol. The molecule has 0 aliphatic carbocycles. The van der Waals surface area contributed by atoms with E-state index in [4.69, 9.17) is 5.73 Å². The van der Waals surface area contributed by atoms with Gasteiger partial charge in [0.1, 0.15) is 0 Å². The zero-order chi connectivity index (χ0) is 11.4. The van der Waals surface area contributed by atoms with Gasteiger partial charge in [0.25, 0.3) is 0 Å². The highest BCUT2D eigenvalue weighted by atomic mass is 19.2. The summed E-state index contributed by atoms with van der Waals surface area (Å²) < 4.78 is 29.8. The third kappa shape index (κ3) is 2.99. The van der Waals surface area contributed by atoms with Crippen molar-refractivity contribution in [1.82, 2.24) is 0 Å². The highest BCUT2D eigenvalue weighted by Crippen LogP contribution is 2.17. The van der Waals surface area contributed by atoms with E-state index in [-0.39, 0.29) is 6.42 Å². The lowest BCUT2D eigenvalue weighted by Crippen LogP contribution is -2.16. The Morgan fingerprint density at radius 3 is 2.67 bits per heavy atom. The summed E-state index contributed by atoms with van der Waals surface area (Å²) in [5.41, 5.74) is 5.96. The number of methoxy groups -OCH3 is 1. The largest absolute Gasteiger partial charge is 0.469 e. The molecule has 0 radical (unpaired) electrons. The van der Waals surface area contributed by atoms with Crippen LogP contribution in [0, 0.1) is 11.6 Å². The fourth-order valence-corrected chi connectivity index (χ4v) is 1.12. The highest BCUT2D eigenvalue weighted by Gasteiger charge is 2.13. The summed E-state index contributed by atoms with van der Waals surface area (Å²) in [5, 5.41) is 0. The monoisotopic (exact) mass is 215 g/mol. The van der Waals surface area contributed by atoms with Crippen LogP contribution in [0.1, 0.15) is 18.0 Å². The molecule has 1 rings (SSSR count). The Balaban J connectivity index is 2.78. The van der Waals surface area contributed by atoms with Gasteiger partial charge in [-0.2, -0.15) is 0 Å². The number of rotatable bonds is 3. The molecule has 0 spiro atoms. The second kappa shape index (κ2) is 4.84. The van der Waals surface area contributed by atoms with E-state index in [2.05, 4.69) is 4.74 Å². The SMILES string of the molecule is COC(=O)CC(N)c1ccc(F)c(F)c1. The lowest BCUT2D eigenvalue weighted by atomic mass is 10.0. The number of carbonyl (C=O) groups excluding carboxylic acids is 1. The maximum absolute atomic E-state index is 12.8. The van der Waals surface area contributed by atoms with E-state index in [1.165, 1.54) is 13.2 Å². The minimum Gasteiger partial charge on any atom is -0.469 e. The minimum absolute atomic E-state index is 0.0679. The van der Waals surface area contributed by atoms with Crippen LogP contribution in [-0.2, 0) is 9.53 Å². The summed E-state index contributed by atoms with van der Waals surface area (Å²) in [6.07, 6.45) is -0.0679. The van der Waals surface area contributed by atoms with Gasteiger partial charge in [0, 0.05) is 6.04 Å². The first-order valence-corrected chi connectivity index (χ1v) is 4.32. The van der Waals surface area contributed by atoms with E-state index in [0.29, 0.717) is 5.56 Å². The molecule has 1 atom stereocenters. The summed E-state index contributed by atoms with van der Waals surface area (Å²) in [4.78, 5) is 10.9. The zero-order valence-electron chi connectivity index (χ0n) is 8.17. The molecule has 1 aromatic rings. The van der Waals surface area contributed by atoms with Crippen LogP contribution in [0.2, 0.25) is 0 Å². The van der Waals surface area contributed by atoms with Gasteiger partial charge in [0.2, 0.25) is 0 Å². The first-order valence-electron chi connectivity index (χ1n) is 4.32. The van der Waals surface area contributed by atoms with Crippen molar-refractivity contribution in [2.75, 3.05) is 7.11 Å². The Bertz CT molecular complexity index is 368. The van der Waals surface area contributed by atoms with Crippen LogP contribution < -0.4 is 5.73 Å². The molecule has 1 aromatic carbocycles. The molecule has 0 aliphatic heterocycles. The number of hydrogen-bond donors (Lipinski definition) is 1. The zero-order valence-corrected chi connectivity index (χ0v) is 8.17. The molecule has 5 heteroatoms. The first kappa shape index (κ1) is 11.6. The molecule has 15 heavy (non-hydrogen) atoms. The van der Waals surface area contributed by atoms with Gasteiger partial charge in [-0.25, -0.2) is 8.78 Å². The van der Waals surface area contributed by atoms with Gasteiger partial charge >= 0.3 is 5.97 Å². The van der Waals surface area contributed by atoms with Gasteiger partial charge in [-0.15, -0.1) is 0 Å². The molecule has 3 nitrogen and oxygen atoms in total. The Kier molecular flexibility index (Phi) is 3.74. The topological polar surface area (TPSA) is 52.3 Å². The van der Waals surface area contributed by atoms with Gasteiger partial charge < -0.3 is 10.5 Å². The van der Waals surface area contributed by atoms with E-state index in [9.17, 15) is 13.6 Å². The van der Waals surface area contributed by atoms with Crippen molar-refractivity contribution in [1.29, 1.82) is 0 Å². The van der Waals surface area contributed by atoms with Crippen molar-refractivity contribution in [2.45, 2.75) is 12.5 Å². The Hall–Kier alpha value is -1.49. The van der Waals surface area contributed by atoms with E-state index in [1.807, 2.05) is 0 Å². The summed E-state index contributed by atoms with van der Waals surface area (Å²) in [6.45, 7) is 0. The van der Waals surface area contributed by atoms with Gasteiger partial charge in [-0.05, 0) is 17.7 Å². The van der Waals surface area contributed by atoms with Crippen LogP contribution in [0.25, 0.3) is 0 Å². The van der Waals surface area contributed by atoms with Crippen molar-refractivity contribution in [3.63, 3.8) is 0 Å². The predicted molar refractivity (Wildman–Crippen MR) is 49.9 cm³/mol. The van der Waals surface area contributed by atoms with E-state index in [0.717, 1.165) is 12.1 Å². The second-order valence-electron chi connectivity index (χ2n) is 3.06. The van der Waals surface area contributed by atoms with E-state index < -0.39 is 23.6 Å². The van der Waals surface area contributed by atoms with Crippen molar-refractivity contribution in [3.05, 3.63) is 35.4 Å². The van der Waals surface area contributed by atoms with E-state index in [1.54, 1.807) is 0 Å². The van der Waals surface area contributed by atoms with Crippen molar-refractivity contribution in [2.24, 2.45) is 5.73 Å². The summed E-state index contributed by atoms with van der Waals surface area (Å²) in [5.74, 6) is -2.41. The van der Waals surface area contributed by atoms with Crippen molar-refractivity contribution >= 4 is 5.97 Å². The molecule has 0 saturated heterocycles. The highest BCUT2D eigenvalue weighted by molar-refractivity contribution is 5.70. The minimum atomic E-state index is -0.979. The molecule has 0 amide bonds. The Morgan fingerprint density at radius 2 is 2.13 bits per heavy atom. The predicted octanol–water partition coefficient (Wildman–Crippen LogP) is 1.53. The van der Waals surface area contributed by atoms with Crippen LogP contribution in [-0.4, -0.2) is 13.1 Å². The maximum atomic E-state index is 12.8. The second-order valence-corrected chi connectivity index (χ2v) is 3.06. The average Bonchev–Trinajstić information content (AvgIpc) is 2.21. The molecule has 0 bridgehead atoms. The summed E-state index contributed by atoms with van der Waals surface area (Å²) in [7, 11) is 1.24. The Morgan fingerprint density at radius 1 is 1.47 bits per heavy atom. The smallest absolute Gasteiger partial charge is 0.307 e. The normalized spacial score (nSPS) is 12.3. The third-order valence-electron chi connectivity index (χ3n) is 1.99. The first-order chi connectivity index (χ1) is 7.04. The fourth-order valence-electron chi connectivity index (χ4n) is 1.12. The van der Waals surface area contributed by atoms with E-state index >= 15 is 0 Å². The van der Waals surface area contributed by atoms with Crippen molar-refractivity contribution < 1.29 is 18.3 Å². The molecule has 0 aliphatic rings. The number of carbonyl (C=O) groups is 1. The van der Waals surface area contributed by atoms with Gasteiger partial charge in [0.05, 0.1) is 13.5 Å². The number of hydrogen-bond acceptors (Lipinski definition) is 3. The quantitative estimate of drug-likeness (QED) is 0.778. The number of halogens is 2. The number of esters is 1. The van der Waals surface area contributed by atoms with Gasteiger partial charge in [-0.3, -0.25) is 4.79 Å². The third-order valence-corrected chi connectivity index (χ3v) is 1.99. The molecular weight excluding hydrogens is 204 g/mol. The Labute approximate surface area is 85.8 Å². The molecule has 0 heterocycles. The molecule has 82 valence electrons. The van der Waals surface area contributed by atoms with Crippen LogP contribution in [0.5, 0.6) is 0 Å². The molecular formula is C10H11F2NO2. The molecule has 2 N–H and O–H groups in total. The van der Waals surface area contributed by atoms with Crippen LogP contribution in [0.3, 0.4) is 0 Å². The van der Waals surface area contributed by atoms with Crippen LogP contribution >= 0.6 is 0 Å². The lowest BCUT2D eigenvalue weighted by Gasteiger charge is -2.10. The van der Waals surface area contributed by atoms with Gasteiger partial charge in [-0.1, -0.05) is 6.07 Å². The molecule has 0 fully saturated rings. The van der Waals surface area contributed by atoms with Crippen LogP contribution in [0.15, 0.2) is 18.2 Å². The summed E-state index contributed by atoms with van der Waals surface area (Å²) in [6, 6.07) is 2.60. The number of benzene rings is 1. The molecule has 1 unspecified atom stereocenters. The number of ether oxygens (including phenoxy) is 1. The van der Waals surface area contributed by atoms with Crippen LogP contribution in [0.4, 0.5) is 8.78 Å².